The largest absolute Gasteiger partial charge is 0.384 e. The van der Waals surface area contributed by atoms with E-state index in [1.807, 2.05) is 0 Å². The van der Waals surface area contributed by atoms with Crippen molar-refractivity contribution in [3.8, 4) is 0 Å². The Morgan fingerprint density at radius 1 is 1.37 bits per heavy atom. The fourth-order valence-corrected chi connectivity index (χ4v) is 2.89. The normalized spacial score (nSPS) is 28.4. The lowest BCUT2D eigenvalue weighted by Crippen LogP contribution is -2.28. The highest BCUT2D eigenvalue weighted by molar-refractivity contribution is 5.08. The average molecular weight is 265 g/mol. The average Bonchev–Trinajstić information content (AvgIpc) is 2.96. The molecule has 2 fully saturated rings. The lowest BCUT2D eigenvalue weighted by atomic mass is 9.97. The van der Waals surface area contributed by atoms with Crippen molar-refractivity contribution in [3.05, 3.63) is 11.7 Å². The van der Waals surface area contributed by atoms with Crippen molar-refractivity contribution in [1.29, 1.82) is 0 Å². The molecule has 1 saturated carbocycles. The molecule has 1 aliphatic carbocycles. The van der Waals surface area contributed by atoms with Crippen LogP contribution in [0.2, 0.25) is 0 Å². The molecule has 2 atom stereocenters. The molecule has 1 aliphatic heterocycles. The van der Waals surface area contributed by atoms with Gasteiger partial charge < -0.3 is 9.26 Å². The number of hydrogen-bond donors (Lipinski definition) is 0. The Kier molecular flexibility index (Phi) is 3.58. The molecule has 0 aromatic carbocycles. The van der Waals surface area contributed by atoms with Crippen molar-refractivity contribution < 1.29 is 9.26 Å². The molecule has 106 valence electrons. The van der Waals surface area contributed by atoms with E-state index in [2.05, 4.69) is 28.9 Å². The van der Waals surface area contributed by atoms with Crippen LogP contribution in [-0.4, -0.2) is 47.9 Å². The van der Waals surface area contributed by atoms with E-state index in [1.165, 1.54) is 12.8 Å². The molecular formula is C14H23N3O2. The number of aromatic nitrogens is 2. The third kappa shape index (κ3) is 2.67. The van der Waals surface area contributed by atoms with Crippen LogP contribution in [-0.2, 0) is 4.74 Å². The maximum atomic E-state index is 5.51. The SMILES string of the molecule is COC[C@@H]1CN(C(C)C)C[C@H]1c1nc(C2CC2)no1. The molecule has 1 aromatic heterocycles. The lowest BCUT2D eigenvalue weighted by Gasteiger charge is -2.19. The molecule has 0 unspecified atom stereocenters. The molecule has 2 aliphatic rings. The smallest absolute Gasteiger partial charge is 0.231 e. The second kappa shape index (κ2) is 5.21. The monoisotopic (exact) mass is 265 g/mol. The maximum absolute atomic E-state index is 5.51. The fourth-order valence-electron chi connectivity index (χ4n) is 2.89. The molecular weight excluding hydrogens is 242 g/mol. The first-order valence-corrected chi connectivity index (χ1v) is 7.25. The van der Waals surface area contributed by atoms with Gasteiger partial charge in [0, 0.05) is 38.1 Å². The second-order valence-corrected chi connectivity index (χ2v) is 6.13. The van der Waals surface area contributed by atoms with Crippen molar-refractivity contribution in [3.63, 3.8) is 0 Å². The van der Waals surface area contributed by atoms with E-state index >= 15 is 0 Å². The summed E-state index contributed by atoms with van der Waals surface area (Å²) >= 11 is 0. The Balaban J connectivity index is 1.75. The van der Waals surface area contributed by atoms with E-state index in [4.69, 9.17) is 9.26 Å². The van der Waals surface area contributed by atoms with Crippen LogP contribution in [0.1, 0.15) is 50.2 Å². The number of nitrogens with zero attached hydrogens (tertiary/aromatic N) is 3. The van der Waals surface area contributed by atoms with Gasteiger partial charge >= 0.3 is 0 Å². The first kappa shape index (κ1) is 13.1. The molecule has 3 rings (SSSR count). The van der Waals surface area contributed by atoms with Crippen molar-refractivity contribution in [2.75, 3.05) is 26.8 Å². The first-order valence-electron chi connectivity index (χ1n) is 7.25. The number of likely N-dealkylation sites (tertiary alicyclic amines) is 1. The molecule has 0 radical (unpaired) electrons. The quantitative estimate of drug-likeness (QED) is 0.815. The standard InChI is InChI=1S/C14H23N3O2/c1-9(2)17-6-11(8-18-3)12(7-17)14-15-13(16-19-14)10-4-5-10/h9-12H,4-8H2,1-3H3/t11-,12+/m0/s1. The molecule has 1 aromatic rings. The molecule has 0 amide bonds. The summed E-state index contributed by atoms with van der Waals surface area (Å²) < 4.78 is 10.9. The summed E-state index contributed by atoms with van der Waals surface area (Å²) in [4.78, 5) is 7.09. The van der Waals surface area contributed by atoms with Gasteiger partial charge in [0.2, 0.25) is 5.89 Å². The van der Waals surface area contributed by atoms with E-state index in [0.29, 0.717) is 23.8 Å². The van der Waals surface area contributed by atoms with E-state index < -0.39 is 0 Å². The topological polar surface area (TPSA) is 51.4 Å². The van der Waals surface area contributed by atoms with Gasteiger partial charge in [-0.25, -0.2) is 0 Å². The maximum Gasteiger partial charge on any atom is 0.231 e. The summed E-state index contributed by atoms with van der Waals surface area (Å²) in [6, 6.07) is 0.551. The van der Waals surface area contributed by atoms with E-state index in [1.54, 1.807) is 7.11 Å². The highest BCUT2D eigenvalue weighted by atomic mass is 16.5. The zero-order valence-electron chi connectivity index (χ0n) is 12.0. The van der Waals surface area contributed by atoms with Crippen LogP contribution in [0.25, 0.3) is 0 Å². The second-order valence-electron chi connectivity index (χ2n) is 6.13. The predicted molar refractivity (Wildman–Crippen MR) is 71.1 cm³/mol. The van der Waals surface area contributed by atoms with Gasteiger partial charge in [-0.1, -0.05) is 5.16 Å². The molecule has 5 heteroatoms. The van der Waals surface area contributed by atoms with Gasteiger partial charge in [0.25, 0.3) is 0 Å². The van der Waals surface area contributed by atoms with Crippen molar-refractivity contribution >= 4 is 0 Å². The molecule has 0 spiro atoms. The molecule has 19 heavy (non-hydrogen) atoms. The molecule has 1 saturated heterocycles. The third-order valence-corrected chi connectivity index (χ3v) is 4.30. The van der Waals surface area contributed by atoms with Crippen LogP contribution in [0.4, 0.5) is 0 Å². The van der Waals surface area contributed by atoms with Crippen LogP contribution in [0.15, 0.2) is 4.52 Å². The predicted octanol–water partition coefficient (Wildman–Crippen LogP) is 2.02. The van der Waals surface area contributed by atoms with E-state index in [9.17, 15) is 0 Å². The Hall–Kier alpha value is -0.940. The third-order valence-electron chi connectivity index (χ3n) is 4.30. The zero-order valence-corrected chi connectivity index (χ0v) is 12.0. The Bertz CT molecular complexity index is 428. The van der Waals surface area contributed by atoms with Gasteiger partial charge in [0.15, 0.2) is 5.82 Å². The molecule has 0 N–H and O–H groups in total. The highest BCUT2D eigenvalue weighted by Crippen LogP contribution is 2.40. The van der Waals surface area contributed by atoms with Gasteiger partial charge in [0.05, 0.1) is 12.5 Å². The summed E-state index contributed by atoms with van der Waals surface area (Å²) in [6.45, 7) is 7.27. The number of ether oxygens (including phenoxy) is 1. The van der Waals surface area contributed by atoms with Gasteiger partial charge in [-0.3, -0.25) is 4.90 Å². The van der Waals surface area contributed by atoms with Gasteiger partial charge in [-0.05, 0) is 26.7 Å². The van der Waals surface area contributed by atoms with Gasteiger partial charge in [0.1, 0.15) is 0 Å². The minimum atomic E-state index is 0.322. The minimum Gasteiger partial charge on any atom is -0.384 e. The highest BCUT2D eigenvalue weighted by Gasteiger charge is 2.39. The molecule has 2 heterocycles. The summed E-state index contributed by atoms with van der Waals surface area (Å²) in [5.41, 5.74) is 0. The van der Waals surface area contributed by atoms with Gasteiger partial charge in [-0.15, -0.1) is 0 Å². The van der Waals surface area contributed by atoms with E-state index in [0.717, 1.165) is 31.4 Å². The Labute approximate surface area is 114 Å². The van der Waals surface area contributed by atoms with Crippen LogP contribution in [0.3, 0.4) is 0 Å². The lowest BCUT2D eigenvalue weighted by molar-refractivity contribution is 0.140. The Morgan fingerprint density at radius 2 is 2.16 bits per heavy atom. The summed E-state index contributed by atoms with van der Waals surface area (Å²) in [5, 5.41) is 4.14. The summed E-state index contributed by atoms with van der Waals surface area (Å²) in [5.74, 6) is 3.06. The van der Waals surface area contributed by atoms with Crippen LogP contribution < -0.4 is 0 Å². The van der Waals surface area contributed by atoms with Crippen molar-refractivity contribution in [2.45, 2.75) is 44.6 Å². The molecule has 5 nitrogen and oxygen atoms in total. The number of rotatable bonds is 5. The minimum absolute atomic E-state index is 0.322. The van der Waals surface area contributed by atoms with E-state index in [-0.39, 0.29) is 0 Å². The number of hydrogen-bond acceptors (Lipinski definition) is 5. The van der Waals surface area contributed by atoms with Crippen LogP contribution in [0, 0.1) is 5.92 Å². The zero-order chi connectivity index (χ0) is 13.4. The summed E-state index contributed by atoms with van der Waals surface area (Å²) in [7, 11) is 1.76. The fraction of sp³-hybridized carbons (Fsp3) is 0.857. The summed E-state index contributed by atoms with van der Waals surface area (Å²) in [6.07, 6.45) is 2.42. The Morgan fingerprint density at radius 3 is 2.79 bits per heavy atom. The first-order chi connectivity index (χ1) is 9.19. The van der Waals surface area contributed by atoms with Crippen LogP contribution >= 0.6 is 0 Å². The molecule has 0 bridgehead atoms. The van der Waals surface area contributed by atoms with Gasteiger partial charge in [-0.2, -0.15) is 4.98 Å². The van der Waals surface area contributed by atoms with Crippen molar-refractivity contribution in [1.82, 2.24) is 15.0 Å². The number of methoxy groups -OCH3 is 1. The van der Waals surface area contributed by atoms with Crippen molar-refractivity contribution in [2.24, 2.45) is 5.92 Å². The van der Waals surface area contributed by atoms with Crippen LogP contribution in [0.5, 0.6) is 0 Å².